The number of nitrogens with zero attached hydrogens (tertiary/aromatic N) is 1. The molecule has 0 bridgehead atoms. The highest BCUT2D eigenvalue weighted by molar-refractivity contribution is 5.81. The van der Waals surface area contributed by atoms with Crippen LogP contribution in [0, 0.1) is 5.92 Å². The van der Waals surface area contributed by atoms with Crippen molar-refractivity contribution in [1.29, 1.82) is 0 Å². The normalized spacial score (nSPS) is 15.1. The minimum absolute atomic E-state index is 0.0189. The van der Waals surface area contributed by atoms with Crippen LogP contribution >= 0.6 is 0 Å². The lowest BCUT2D eigenvalue weighted by molar-refractivity contribution is -0.148. The number of para-hydroxylation sites is 1. The quantitative estimate of drug-likeness (QED) is 0.589. The summed E-state index contributed by atoms with van der Waals surface area (Å²) in [5.74, 6) is -0.0948. The summed E-state index contributed by atoms with van der Waals surface area (Å²) >= 11 is 0. The minimum Gasteiger partial charge on any atom is -0.484 e. The molecule has 1 atom stereocenters. The van der Waals surface area contributed by atoms with E-state index in [1.165, 1.54) is 0 Å². The first kappa shape index (κ1) is 24.3. The predicted molar refractivity (Wildman–Crippen MR) is 124 cm³/mol. The maximum atomic E-state index is 13.0. The Morgan fingerprint density at radius 2 is 1.58 bits per heavy atom. The van der Waals surface area contributed by atoms with E-state index in [-0.39, 0.29) is 42.8 Å². The van der Waals surface area contributed by atoms with Gasteiger partial charge in [-0.25, -0.2) is 0 Å². The molecule has 3 rings (SSSR count). The smallest absolute Gasteiger partial charge is 0.308 e. The lowest BCUT2D eigenvalue weighted by Gasteiger charge is -2.32. The van der Waals surface area contributed by atoms with E-state index in [1.54, 1.807) is 18.7 Å². The van der Waals surface area contributed by atoms with E-state index in [4.69, 9.17) is 9.47 Å². The van der Waals surface area contributed by atoms with Crippen molar-refractivity contribution in [1.82, 2.24) is 10.2 Å². The molecule has 2 aromatic carbocycles. The van der Waals surface area contributed by atoms with Gasteiger partial charge in [-0.15, -0.1) is 0 Å². The standard InChI is InChI=1S/C26H32N2O5/c1-19(2)33-25(30)17-23(20-9-5-3-6-10-20)27-26(31)21-13-15-28(16-14-21)24(29)18-32-22-11-7-4-8-12-22/h3-12,19,21,23H,13-18H2,1-2H3,(H,27,31). The van der Waals surface area contributed by atoms with Gasteiger partial charge in [-0.2, -0.15) is 0 Å². The van der Waals surface area contributed by atoms with Gasteiger partial charge in [0, 0.05) is 19.0 Å². The Balaban J connectivity index is 1.51. The fourth-order valence-corrected chi connectivity index (χ4v) is 3.85. The van der Waals surface area contributed by atoms with Gasteiger partial charge in [0.05, 0.1) is 18.6 Å². The fourth-order valence-electron chi connectivity index (χ4n) is 3.85. The van der Waals surface area contributed by atoms with Gasteiger partial charge in [0.15, 0.2) is 6.61 Å². The number of esters is 1. The zero-order chi connectivity index (χ0) is 23.6. The van der Waals surface area contributed by atoms with Crippen LogP contribution in [0.1, 0.15) is 44.7 Å². The van der Waals surface area contributed by atoms with Crippen molar-refractivity contribution < 1.29 is 23.9 Å². The summed E-state index contributed by atoms with van der Waals surface area (Å²) in [7, 11) is 0. The second-order valence-corrected chi connectivity index (χ2v) is 8.47. The lowest BCUT2D eigenvalue weighted by atomic mass is 9.94. The van der Waals surface area contributed by atoms with Crippen LogP contribution < -0.4 is 10.1 Å². The number of rotatable bonds is 9. The Bertz CT molecular complexity index is 909. The molecule has 0 aliphatic carbocycles. The molecule has 0 spiro atoms. The first-order valence-electron chi connectivity index (χ1n) is 11.4. The number of carbonyl (C=O) groups excluding carboxylic acids is 3. The van der Waals surface area contributed by atoms with E-state index in [0.717, 1.165) is 5.56 Å². The summed E-state index contributed by atoms with van der Waals surface area (Å²) in [4.78, 5) is 39.4. The highest BCUT2D eigenvalue weighted by Crippen LogP contribution is 2.22. The first-order chi connectivity index (χ1) is 15.9. The van der Waals surface area contributed by atoms with Crippen LogP contribution in [-0.2, 0) is 19.1 Å². The Morgan fingerprint density at radius 3 is 2.18 bits per heavy atom. The van der Waals surface area contributed by atoms with Gasteiger partial charge in [0.25, 0.3) is 5.91 Å². The lowest BCUT2D eigenvalue weighted by Crippen LogP contribution is -2.45. The molecule has 176 valence electrons. The third-order valence-corrected chi connectivity index (χ3v) is 5.58. The number of piperidine rings is 1. The first-order valence-corrected chi connectivity index (χ1v) is 11.4. The Hall–Kier alpha value is -3.35. The molecule has 0 saturated carbocycles. The van der Waals surface area contributed by atoms with Crippen molar-refractivity contribution in [3.05, 3.63) is 66.2 Å². The van der Waals surface area contributed by atoms with Gasteiger partial charge >= 0.3 is 5.97 Å². The minimum atomic E-state index is -0.455. The van der Waals surface area contributed by atoms with Crippen LogP contribution in [-0.4, -0.2) is 48.5 Å². The van der Waals surface area contributed by atoms with Gasteiger partial charge in [0.1, 0.15) is 5.75 Å². The highest BCUT2D eigenvalue weighted by atomic mass is 16.5. The summed E-state index contributed by atoms with van der Waals surface area (Å²) in [5.41, 5.74) is 0.859. The number of benzene rings is 2. The van der Waals surface area contributed by atoms with Crippen molar-refractivity contribution in [3.8, 4) is 5.75 Å². The second-order valence-electron chi connectivity index (χ2n) is 8.47. The van der Waals surface area contributed by atoms with Crippen molar-refractivity contribution in [2.45, 2.75) is 45.3 Å². The zero-order valence-corrected chi connectivity index (χ0v) is 19.2. The number of amides is 2. The molecule has 1 saturated heterocycles. The van der Waals surface area contributed by atoms with Crippen LogP contribution in [0.25, 0.3) is 0 Å². The van der Waals surface area contributed by atoms with E-state index in [0.29, 0.717) is 31.7 Å². The van der Waals surface area contributed by atoms with E-state index in [9.17, 15) is 14.4 Å². The molecule has 1 N–H and O–H groups in total. The van der Waals surface area contributed by atoms with E-state index < -0.39 is 6.04 Å². The molecule has 0 radical (unpaired) electrons. The highest BCUT2D eigenvalue weighted by Gasteiger charge is 2.29. The predicted octanol–water partition coefficient (Wildman–Crippen LogP) is 3.50. The molecule has 1 heterocycles. The zero-order valence-electron chi connectivity index (χ0n) is 19.2. The van der Waals surface area contributed by atoms with E-state index in [2.05, 4.69) is 5.32 Å². The Labute approximate surface area is 195 Å². The van der Waals surface area contributed by atoms with Gasteiger partial charge in [-0.05, 0) is 44.4 Å². The Morgan fingerprint density at radius 1 is 0.970 bits per heavy atom. The summed E-state index contributed by atoms with van der Waals surface area (Å²) in [5, 5.41) is 3.03. The van der Waals surface area contributed by atoms with Crippen LogP contribution in [0.5, 0.6) is 5.75 Å². The average Bonchev–Trinajstić information content (AvgIpc) is 2.83. The van der Waals surface area contributed by atoms with Gasteiger partial charge in [0.2, 0.25) is 5.91 Å². The molecule has 7 heteroatoms. The molecule has 0 aromatic heterocycles. The van der Waals surface area contributed by atoms with Gasteiger partial charge < -0.3 is 19.7 Å². The molecule has 2 aromatic rings. The van der Waals surface area contributed by atoms with Crippen LogP contribution in [0.3, 0.4) is 0 Å². The molecule has 2 amide bonds. The Kier molecular flexibility index (Phi) is 8.87. The van der Waals surface area contributed by atoms with Crippen molar-refractivity contribution >= 4 is 17.8 Å². The molecule has 1 aliphatic rings. The number of carbonyl (C=O) groups is 3. The monoisotopic (exact) mass is 452 g/mol. The summed E-state index contributed by atoms with van der Waals surface area (Å²) in [6, 6.07) is 18.2. The number of hydrogen-bond donors (Lipinski definition) is 1. The van der Waals surface area contributed by atoms with Crippen molar-refractivity contribution in [2.75, 3.05) is 19.7 Å². The third kappa shape index (κ3) is 7.63. The molecular weight excluding hydrogens is 420 g/mol. The summed E-state index contributed by atoms with van der Waals surface area (Å²) in [6.07, 6.45) is 1.00. The molecule has 1 fully saturated rings. The number of likely N-dealkylation sites (tertiary alicyclic amines) is 1. The largest absolute Gasteiger partial charge is 0.484 e. The second kappa shape index (κ2) is 12.0. The number of nitrogens with one attached hydrogen (secondary N) is 1. The van der Waals surface area contributed by atoms with Crippen LogP contribution in [0.2, 0.25) is 0 Å². The fraction of sp³-hybridized carbons (Fsp3) is 0.423. The maximum Gasteiger partial charge on any atom is 0.308 e. The number of hydrogen-bond acceptors (Lipinski definition) is 5. The average molecular weight is 453 g/mol. The topological polar surface area (TPSA) is 84.9 Å². The third-order valence-electron chi connectivity index (χ3n) is 5.58. The summed E-state index contributed by atoms with van der Waals surface area (Å²) in [6.45, 7) is 4.58. The van der Waals surface area contributed by atoms with E-state index >= 15 is 0 Å². The van der Waals surface area contributed by atoms with E-state index in [1.807, 2.05) is 60.7 Å². The molecular formula is C26H32N2O5. The van der Waals surface area contributed by atoms with Gasteiger partial charge in [-0.3, -0.25) is 14.4 Å². The van der Waals surface area contributed by atoms with Crippen LogP contribution in [0.15, 0.2) is 60.7 Å². The molecule has 1 unspecified atom stereocenters. The van der Waals surface area contributed by atoms with Crippen molar-refractivity contribution in [3.63, 3.8) is 0 Å². The van der Waals surface area contributed by atoms with Gasteiger partial charge in [-0.1, -0.05) is 48.5 Å². The van der Waals surface area contributed by atoms with Crippen LogP contribution in [0.4, 0.5) is 0 Å². The van der Waals surface area contributed by atoms with Crippen molar-refractivity contribution in [2.24, 2.45) is 5.92 Å². The maximum absolute atomic E-state index is 13.0. The summed E-state index contributed by atoms with van der Waals surface area (Å²) < 4.78 is 10.8. The molecule has 33 heavy (non-hydrogen) atoms. The number of ether oxygens (including phenoxy) is 2. The SMILES string of the molecule is CC(C)OC(=O)CC(NC(=O)C1CCN(C(=O)COc2ccccc2)CC1)c1ccccc1. The molecule has 1 aliphatic heterocycles. The molecule has 7 nitrogen and oxygen atoms in total.